The highest BCUT2D eigenvalue weighted by atomic mass is 32.2. The Balaban J connectivity index is 3.52. The summed E-state index contributed by atoms with van der Waals surface area (Å²) in [4.78, 5) is 0.0151. The fourth-order valence-electron chi connectivity index (χ4n) is 2.49. The van der Waals surface area contributed by atoms with Crippen molar-refractivity contribution in [2.75, 3.05) is 0 Å². The second kappa shape index (κ2) is 7.23. The zero-order valence-electron chi connectivity index (χ0n) is 13.6. The third-order valence-corrected chi connectivity index (χ3v) is 4.95. The van der Waals surface area contributed by atoms with E-state index in [1.807, 2.05) is 6.07 Å². The van der Waals surface area contributed by atoms with Gasteiger partial charge in [0.1, 0.15) is 0 Å². The van der Waals surface area contributed by atoms with Gasteiger partial charge in [-0.15, -0.1) is 0 Å². The monoisotopic (exact) mass is 310 g/mol. The lowest BCUT2D eigenvalue weighted by molar-refractivity contribution is 0.482. The standard InChI is InChI=1S/C17H26O3S/c1-6-8-9-13(4)16-11-17(21(18,19)20)14(5)10-15(16)12(3)7-2/h8-13H,6-7H2,1-5H3,(H,18,19,20). The van der Waals surface area contributed by atoms with Crippen LogP contribution < -0.4 is 0 Å². The van der Waals surface area contributed by atoms with E-state index in [1.54, 1.807) is 13.0 Å². The van der Waals surface area contributed by atoms with Crippen molar-refractivity contribution in [2.24, 2.45) is 0 Å². The molecule has 0 saturated heterocycles. The smallest absolute Gasteiger partial charge is 0.282 e. The van der Waals surface area contributed by atoms with Gasteiger partial charge in [0.25, 0.3) is 10.1 Å². The quantitative estimate of drug-likeness (QED) is 0.605. The van der Waals surface area contributed by atoms with Crippen LogP contribution in [0.1, 0.15) is 69.1 Å². The third kappa shape index (κ3) is 4.42. The molecule has 0 amide bonds. The van der Waals surface area contributed by atoms with Crippen molar-refractivity contribution in [3.8, 4) is 0 Å². The number of benzene rings is 1. The lowest BCUT2D eigenvalue weighted by atomic mass is 9.86. The maximum atomic E-state index is 11.5. The fourth-order valence-corrected chi connectivity index (χ4v) is 3.23. The second-order valence-electron chi connectivity index (χ2n) is 5.66. The Morgan fingerprint density at radius 2 is 1.81 bits per heavy atom. The van der Waals surface area contributed by atoms with Gasteiger partial charge in [-0.05, 0) is 54.4 Å². The summed E-state index contributed by atoms with van der Waals surface area (Å²) in [5.41, 5.74) is 2.74. The minimum absolute atomic E-state index is 0.0151. The third-order valence-electron chi connectivity index (χ3n) is 3.95. The SMILES string of the molecule is CCC=CC(C)c1cc(S(=O)(=O)O)c(C)cc1C(C)CC. The van der Waals surface area contributed by atoms with Gasteiger partial charge in [-0.2, -0.15) is 8.42 Å². The van der Waals surface area contributed by atoms with E-state index in [0.717, 1.165) is 24.0 Å². The Hall–Kier alpha value is -1.13. The predicted octanol–water partition coefficient (Wildman–Crippen LogP) is 4.82. The van der Waals surface area contributed by atoms with E-state index in [0.29, 0.717) is 11.5 Å². The molecule has 0 bridgehead atoms. The fraction of sp³-hybridized carbons (Fsp3) is 0.529. The minimum Gasteiger partial charge on any atom is -0.282 e. The number of hydrogen-bond donors (Lipinski definition) is 1. The van der Waals surface area contributed by atoms with Crippen LogP contribution in [0, 0.1) is 6.92 Å². The molecule has 1 N–H and O–H groups in total. The first kappa shape index (κ1) is 17.9. The summed E-state index contributed by atoms with van der Waals surface area (Å²) in [6, 6.07) is 3.54. The zero-order valence-corrected chi connectivity index (χ0v) is 14.4. The van der Waals surface area contributed by atoms with Gasteiger partial charge in [0.05, 0.1) is 4.90 Å². The molecule has 118 valence electrons. The molecule has 0 saturated carbocycles. The Labute approximate surface area is 128 Å². The molecule has 2 unspecified atom stereocenters. The van der Waals surface area contributed by atoms with Crippen molar-refractivity contribution < 1.29 is 13.0 Å². The van der Waals surface area contributed by atoms with Crippen LogP contribution in [0.5, 0.6) is 0 Å². The highest BCUT2D eigenvalue weighted by molar-refractivity contribution is 7.85. The summed E-state index contributed by atoms with van der Waals surface area (Å²) in [7, 11) is -4.18. The number of aryl methyl sites for hydroxylation is 1. The number of hydrogen-bond acceptors (Lipinski definition) is 2. The van der Waals surface area contributed by atoms with Crippen LogP contribution in [0.2, 0.25) is 0 Å². The van der Waals surface area contributed by atoms with Gasteiger partial charge >= 0.3 is 0 Å². The van der Waals surface area contributed by atoms with Crippen LogP contribution in [-0.4, -0.2) is 13.0 Å². The molecule has 0 aliphatic heterocycles. The molecule has 0 aliphatic carbocycles. The summed E-state index contributed by atoms with van der Waals surface area (Å²) < 4.78 is 32.5. The Bertz CT molecular complexity index is 615. The van der Waals surface area contributed by atoms with Crippen LogP contribution in [0.15, 0.2) is 29.2 Å². The predicted molar refractivity (Wildman–Crippen MR) is 87.5 cm³/mol. The molecule has 3 nitrogen and oxygen atoms in total. The molecule has 1 rings (SSSR count). The number of rotatable bonds is 6. The van der Waals surface area contributed by atoms with Crippen LogP contribution in [0.25, 0.3) is 0 Å². The first-order chi connectivity index (χ1) is 9.72. The molecule has 4 heteroatoms. The van der Waals surface area contributed by atoms with Gasteiger partial charge in [0.2, 0.25) is 0 Å². The first-order valence-electron chi connectivity index (χ1n) is 7.50. The molecular formula is C17H26O3S. The van der Waals surface area contributed by atoms with Gasteiger partial charge in [0, 0.05) is 0 Å². The Morgan fingerprint density at radius 1 is 1.19 bits per heavy atom. The van der Waals surface area contributed by atoms with E-state index in [9.17, 15) is 13.0 Å². The van der Waals surface area contributed by atoms with E-state index >= 15 is 0 Å². The average molecular weight is 310 g/mol. The summed E-state index contributed by atoms with van der Waals surface area (Å²) in [5.74, 6) is 0.474. The molecule has 0 radical (unpaired) electrons. The normalized spacial score (nSPS) is 15.3. The van der Waals surface area contributed by atoms with Gasteiger partial charge < -0.3 is 0 Å². The second-order valence-corrected chi connectivity index (χ2v) is 7.05. The molecular weight excluding hydrogens is 284 g/mol. The molecule has 21 heavy (non-hydrogen) atoms. The largest absolute Gasteiger partial charge is 0.294 e. The van der Waals surface area contributed by atoms with Crippen LogP contribution in [0.3, 0.4) is 0 Å². The minimum atomic E-state index is -4.18. The maximum Gasteiger partial charge on any atom is 0.294 e. The highest BCUT2D eigenvalue weighted by Gasteiger charge is 2.20. The van der Waals surface area contributed by atoms with Gasteiger partial charge in [-0.1, -0.05) is 45.9 Å². The van der Waals surface area contributed by atoms with Gasteiger partial charge in [-0.25, -0.2) is 0 Å². The molecule has 0 aliphatic rings. The van der Waals surface area contributed by atoms with E-state index in [-0.39, 0.29) is 10.8 Å². The van der Waals surface area contributed by atoms with Crippen LogP contribution in [-0.2, 0) is 10.1 Å². The molecule has 1 aromatic rings. The van der Waals surface area contributed by atoms with Crippen molar-refractivity contribution in [2.45, 2.75) is 64.2 Å². The summed E-state index contributed by atoms with van der Waals surface area (Å²) in [6.07, 6.45) is 6.10. The summed E-state index contributed by atoms with van der Waals surface area (Å²) in [6.45, 7) is 10.1. The molecule has 2 atom stereocenters. The number of allylic oxidation sites excluding steroid dienone is 2. The van der Waals surface area contributed by atoms with Crippen molar-refractivity contribution >= 4 is 10.1 Å². The lowest BCUT2D eigenvalue weighted by Gasteiger charge is -2.20. The molecule has 0 heterocycles. The summed E-state index contributed by atoms with van der Waals surface area (Å²) >= 11 is 0. The van der Waals surface area contributed by atoms with Crippen molar-refractivity contribution in [1.82, 2.24) is 0 Å². The van der Waals surface area contributed by atoms with Gasteiger partial charge in [0.15, 0.2) is 0 Å². The van der Waals surface area contributed by atoms with E-state index in [4.69, 9.17) is 0 Å². The average Bonchev–Trinajstić information content (AvgIpc) is 2.42. The first-order valence-corrected chi connectivity index (χ1v) is 8.94. The maximum absolute atomic E-state index is 11.5. The summed E-state index contributed by atoms with van der Waals surface area (Å²) in [5, 5.41) is 0. The van der Waals surface area contributed by atoms with Crippen molar-refractivity contribution in [1.29, 1.82) is 0 Å². The molecule has 1 aromatic carbocycles. The molecule has 0 aromatic heterocycles. The molecule has 0 fully saturated rings. The van der Waals surface area contributed by atoms with E-state index in [2.05, 4.69) is 39.8 Å². The van der Waals surface area contributed by atoms with Crippen molar-refractivity contribution in [3.05, 3.63) is 41.0 Å². The topological polar surface area (TPSA) is 54.4 Å². The highest BCUT2D eigenvalue weighted by Crippen LogP contribution is 2.33. The van der Waals surface area contributed by atoms with Gasteiger partial charge in [-0.3, -0.25) is 4.55 Å². The van der Waals surface area contributed by atoms with Crippen molar-refractivity contribution in [3.63, 3.8) is 0 Å². The molecule has 0 spiro atoms. The van der Waals surface area contributed by atoms with E-state index in [1.165, 1.54) is 0 Å². The lowest BCUT2D eigenvalue weighted by Crippen LogP contribution is -2.08. The van der Waals surface area contributed by atoms with E-state index < -0.39 is 10.1 Å². The Morgan fingerprint density at radius 3 is 2.29 bits per heavy atom. The zero-order chi connectivity index (χ0) is 16.2. The Kier molecular flexibility index (Phi) is 6.17. The van der Waals surface area contributed by atoms with Crippen LogP contribution in [0.4, 0.5) is 0 Å². The van der Waals surface area contributed by atoms with Crippen LogP contribution >= 0.6 is 0 Å².